The third-order valence-corrected chi connectivity index (χ3v) is 8.72. The van der Waals surface area contributed by atoms with E-state index in [0.717, 1.165) is 12.0 Å². The molecule has 0 saturated carbocycles. The molecule has 3 aliphatic heterocycles. The second kappa shape index (κ2) is 12.6. The fourth-order valence-corrected chi connectivity index (χ4v) is 6.22. The van der Waals surface area contributed by atoms with Crippen LogP contribution in [0.4, 0.5) is 4.39 Å². The summed E-state index contributed by atoms with van der Waals surface area (Å²) in [6.45, 7) is 5.63. The van der Waals surface area contributed by atoms with Crippen molar-refractivity contribution < 1.29 is 33.0 Å². The Labute approximate surface area is 245 Å². The van der Waals surface area contributed by atoms with E-state index in [4.69, 9.17) is 9.47 Å². The van der Waals surface area contributed by atoms with Crippen LogP contribution in [-0.2, 0) is 25.5 Å². The number of likely N-dealkylation sites (tertiary alicyclic amines) is 2. The number of amides is 3. The first kappa shape index (κ1) is 29.7. The first-order chi connectivity index (χ1) is 20.3. The summed E-state index contributed by atoms with van der Waals surface area (Å²) in [5, 5.41) is 0. The number of carbonyl (C=O) groups excluding carboxylic acids is 4. The van der Waals surface area contributed by atoms with E-state index in [1.165, 1.54) is 29.2 Å². The average Bonchev–Trinajstić information content (AvgIpc) is 3.39. The molecule has 0 aromatic heterocycles. The van der Waals surface area contributed by atoms with Crippen LogP contribution >= 0.6 is 0 Å². The number of rotatable bonds is 6. The van der Waals surface area contributed by atoms with Gasteiger partial charge in [0.1, 0.15) is 17.6 Å². The molecule has 224 valence electrons. The minimum absolute atomic E-state index is 0.0238. The molecule has 1 atom stereocenters. The summed E-state index contributed by atoms with van der Waals surface area (Å²) in [6.07, 6.45) is 2.55. The van der Waals surface area contributed by atoms with Gasteiger partial charge in [-0.1, -0.05) is 19.1 Å². The highest BCUT2D eigenvalue weighted by Crippen LogP contribution is 2.39. The zero-order valence-corrected chi connectivity index (χ0v) is 24.2. The highest BCUT2D eigenvalue weighted by Gasteiger charge is 2.55. The van der Waals surface area contributed by atoms with Crippen LogP contribution in [0.1, 0.15) is 65.8 Å². The number of nitrogens with zero attached hydrogens (tertiary/aromatic N) is 3. The van der Waals surface area contributed by atoms with Gasteiger partial charge < -0.3 is 19.3 Å². The van der Waals surface area contributed by atoms with Gasteiger partial charge in [0.15, 0.2) is 0 Å². The maximum atomic E-state index is 14.0. The number of aryl methyl sites for hydroxylation is 1. The predicted molar refractivity (Wildman–Crippen MR) is 152 cm³/mol. The molecule has 2 aromatic carbocycles. The van der Waals surface area contributed by atoms with E-state index in [0.29, 0.717) is 64.0 Å². The quantitative estimate of drug-likeness (QED) is 0.485. The van der Waals surface area contributed by atoms with Gasteiger partial charge in [0.2, 0.25) is 5.91 Å². The smallest absolute Gasteiger partial charge is 0.309 e. The molecule has 9 nitrogen and oxygen atoms in total. The van der Waals surface area contributed by atoms with Crippen molar-refractivity contribution in [3.63, 3.8) is 0 Å². The summed E-state index contributed by atoms with van der Waals surface area (Å²) >= 11 is 0. The molecule has 0 radical (unpaired) electrons. The van der Waals surface area contributed by atoms with Gasteiger partial charge in [-0.3, -0.25) is 24.1 Å². The van der Waals surface area contributed by atoms with Crippen LogP contribution in [0.15, 0.2) is 48.5 Å². The molecule has 5 rings (SSSR count). The van der Waals surface area contributed by atoms with Gasteiger partial charge in [0.25, 0.3) is 11.8 Å². The monoisotopic (exact) mass is 579 g/mol. The summed E-state index contributed by atoms with van der Waals surface area (Å²) in [5.74, 6) is -1.70. The van der Waals surface area contributed by atoms with Gasteiger partial charge in [-0.05, 0) is 68.1 Å². The minimum Gasteiger partial charge on any atom is -0.466 e. The predicted octanol–water partition coefficient (Wildman–Crippen LogP) is 3.66. The molecule has 0 unspecified atom stereocenters. The summed E-state index contributed by atoms with van der Waals surface area (Å²) in [7, 11) is 0. The molecule has 3 saturated heterocycles. The Morgan fingerprint density at radius 3 is 2.05 bits per heavy atom. The zero-order chi connectivity index (χ0) is 29.9. The third kappa shape index (κ3) is 5.90. The Bertz CT molecular complexity index is 1300. The SMILES string of the molecule is CCOC(=O)C1CCN(C(=O)[C@H]2COC3(CCN(C(=O)c4ccc(CC)cc4)CC3)N2C(=O)c2ccc(F)cc2)CC1. The maximum absolute atomic E-state index is 14.0. The Kier molecular flexibility index (Phi) is 8.91. The van der Waals surface area contributed by atoms with Crippen molar-refractivity contribution in [2.45, 2.75) is 57.7 Å². The normalized spacial score (nSPS) is 20.5. The van der Waals surface area contributed by atoms with Crippen molar-refractivity contribution in [2.75, 3.05) is 39.4 Å². The summed E-state index contributed by atoms with van der Waals surface area (Å²) < 4.78 is 25.1. The molecule has 3 fully saturated rings. The van der Waals surface area contributed by atoms with Crippen molar-refractivity contribution in [3.8, 4) is 0 Å². The summed E-state index contributed by atoms with van der Waals surface area (Å²) in [4.78, 5) is 58.2. The lowest BCUT2D eigenvalue weighted by Gasteiger charge is -2.45. The number of esters is 1. The fourth-order valence-electron chi connectivity index (χ4n) is 6.22. The van der Waals surface area contributed by atoms with Gasteiger partial charge >= 0.3 is 5.97 Å². The van der Waals surface area contributed by atoms with Crippen molar-refractivity contribution in [1.29, 1.82) is 0 Å². The summed E-state index contributed by atoms with van der Waals surface area (Å²) in [5.41, 5.74) is 0.945. The molecule has 3 heterocycles. The van der Waals surface area contributed by atoms with Crippen LogP contribution in [-0.4, -0.2) is 89.6 Å². The number of benzene rings is 2. The molecule has 42 heavy (non-hydrogen) atoms. The largest absolute Gasteiger partial charge is 0.466 e. The highest BCUT2D eigenvalue weighted by molar-refractivity contribution is 5.98. The third-order valence-electron chi connectivity index (χ3n) is 8.72. The Balaban J connectivity index is 1.33. The number of hydrogen-bond acceptors (Lipinski definition) is 6. The van der Waals surface area contributed by atoms with Crippen LogP contribution < -0.4 is 0 Å². The molecule has 3 aliphatic rings. The van der Waals surface area contributed by atoms with E-state index in [2.05, 4.69) is 6.92 Å². The van der Waals surface area contributed by atoms with Crippen molar-refractivity contribution in [3.05, 3.63) is 71.0 Å². The van der Waals surface area contributed by atoms with Crippen LogP contribution in [0, 0.1) is 11.7 Å². The molecule has 10 heteroatoms. The van der Waals surface area contributed by atoms with Gasteiger partial charge in [-0.25, -0.2) is 4.39 Å². The number of carbonyl (C=O) groups is 4. The van der Waals surface area contributed by atoms with E-state index >= 15 is 0 Å². The second-order valence-corrected chi connectivity index (χ2v) is 11.1. The average molecular weight is 580 g/mol. The van der Waals surface area contributed by atoms with Crippen molar-refractivity contribution in [2.24, 2.45) is 5.92 Å². The minimum atomic E-state index is -1.07. The lowest BCUT2D eigenvalue weighted by molar-refractivity contribution is -0.152. The number of piperidine rings is 2. The molecule has 3 amide bonds. The zero-order valence-electron chi connectivity index (χ0n) is 24.2. The fraction of sp³-hybridized carbons (Fsp3) is 0.500. The molecular formula is C32H38FN3O6. The molecule has 1 spiro atoms. The molecule has 2 aromatic rings. The van der Waals surface area contributed by atoms with Gasteiger partial charge in [-0.15, -0.1) is 0 Å². The van der Waals surface area contributed by atoms with Crippen molar-refractivity contribution >= 4 is 23.7 Å². The van der Waals surface area contributed by atoms with E-state index < -0.39 is 23.5 Å². The first-order valence-electron chi connectivity index (χ1n) is 14.8. The van der Waals surface area contributed by atoms with Crippen molar-refractivity contribution in [1.82, 2.24) is 14.7 Å². The lowest BCUT2D eigenvalue weighted by Crippen LogP contribution is -2.60. The number of halogens is 1. The Morgan fingerprint density at radius 1 is 0.857 bits per heavy atom. The van der Waals surface area contributed by atoms with Crippen LogP contribution in [0.3, 0.4) is 0 Å². The first-order valence-corrected chi connectivity index (χ1v) is 14.8. The topological polar surface area (TPSA) is 96.5 Å². The highest BCUT2D eigenvalue weighted by atomic mass is 19.1. The van der Waals surface area contributed by atoms with Gasteiger partial charge in [0.05, 0.1) is 19.1 Å². The Hall–Kier alpha value is -3.79. The van der Waals surface area contributed by atoms with E-state index in [1.807, 2.05) is 24.3 Å². The lowest BCUT2D eigenvalue weighted by atomic mass is 9.94. The van der Waals surface area contributed by atoms with E-state index in [-0.39, 0.29) is 35.9 Å². The van der Waals surface area contributed by atoms with Crippen LogP contribution in [0.5, 0.6) is 0 Å². The van der Waals surface area contributed by atoms with Gasteiger partial charge in [0, 0.05) is 50.1 Å². The van der Waals surface area contributed by atoms with E-state index in [1.54, 1.807) is 16.7 Å². The molecule has 0 bridgehead atoms. The molecule has 0 N–H and O–H groups in total. The van der Waals surface area contributed by atoms with Crippen LogP contribution in [0.2, 0.25) is 0 Å². The van der Waals surface area contributed by atoms with Gasteiger partial charge in [-0.2, -0.15) is 0 Å². The summed E-state index contributed by atoms with van der Waals surface area (Å²) in [6, 6.07) is 12.0. The van der Waals surface area contributed by atoms with E-state index in [9.17, 15) is 23.6 Å². The second-order valence-electron chi connectivity index (χ2n) is 11.1. The van der Waals surface area contributed by atoms with Crippen LogP contribution in [0.25, 0.3) is 0 Å². The molecular weight excluding hydrogens is 541 g/mol. The number of ether oxygens (including phenoxy) is 2. The Morgan fingerprint density at radius 2 is 1.45 bits per heavy atom. The maximum Gasteiger partial charge on any atom is 0.309 e. The number of hydrogen-bond donors (Lipinski definition) is 0. The standard InChI is InChI=1S/C32H38FN3O6/c1-3-22-5-7-23(8-6-22)28(37)35-19-15-32(16-20-35)36(29(38)24-9-11-26(33)12-10-24)27(21-42-32)30(39)34-17-13-25(14-18-34)31(40)41-4-2/h5-12,25,27H,3-4,13-21H2,1-2H3/t27-/m1/s1. The molecule has 0 aliphatic carbocycles.